The predicted octanol–water partition coefficient (Wildman–Crippen LogP) is 3.49. The Hall–Kier alpha value is -2.03. The van der Waals surface area contributed by atoms with Gasteiger partial charge in [0.05, 0.1) is 0 Å². The molecule has 1 aromatic heterocycles. The minimum absolute atomic E-state index is 0.0985. The summed E-state index contributed by atoms with van der Waals surface area (Å²) in [6.45, 7) is 7.76. The first kappa shape index (κ1) is 14.4. The number of hydrogen-bond acceptors (Lipinski definition) is 1. The minimum Gasteiger partial charge on any atom is -0.361 e. The van der Waals surface area contributed by atoms with Crippen molar-refractivity contribution in [3.05, 3.63) is 48.2 Å². The van der Waals surface area contributed by atoms with Crippen LogP contribution in [0.15, 0.2) is 37.1 Å². The zero-order chi connectivity index (χ0) is 14.5. The van der Waals surface area contributed by atoms with E-state index < -0.39 is 0 Å². The lowest BCUT2D eigenvalue weighted by Gasteiger charge is -2.11. The van der Waals surface area contributed by atoms with Crippen molar-refractivity contribution in [1.82, 2.24) is 10.3 Å². The van der Waals surface area contributed by atoms with Crippen molar-refractivity contribution in [2.24, 2.45) is 0 Å². The van der Waals surface area contributed by atoms with E-state index in [1.807, 2.05) is 19.2 Å². The van der Waals surface area contributed by atoms with Crippen molar-refractivity contribution in [3.8, 4) is 0 Å². The standard InChI is InChI=1S/C17H22N2O/c1-4-5-13(3)19-17(20)9-7-14-11-18-16-8-6-12(2)10-15(14)16/h4,6,8,10-11,13,18H,1,5,7,9H2,2-3H3,(H,19,20). The first-order valence-corrected chi connectivity index (χ1v) is 7.07. The summed E-state index contributed by atoms with van der Waals surface area (Å²) in [6.07, 6.45) is 5.91. The normalized spacial score (nSPS) is 12.3. The van der Waals surface area contributed by atoms with E-state index in [0.717, 1.165) is 18.4 Å². The molecule has 2 rings (SSSR count). The molecule has 0 aliphatic rings. The Kier molecular flexibility index (Phi) is 4.61. The van der Waals surface area contributed by atoms with Crippen molar-refractivity contribution in [3.63, 3.8) is 0 Å². The third-order valence-corrected chi connectivity index (χ3v) is 3.47. The maximum atomic E-state index is 11.9. The van der Waals surface area contributed by atoms with Gasteiger partial charge in [0.1, 0.15) is 0 Å². The zero-order valence-corrected chi connectivity index (χ0v) is 12.2. The van der Waals surface area contributed by atoms with Gasteiger partial charge in [-0.2, -0.15) is 0 Å². The fraction of sp³-hybridized carbons (Fsp3) is 0.353. The fourth-order valence-corrected chi connectivity index (χ4v) is 2.40. The Balaban J connectivity index is 1.97. The molecule has 3 heteroatoms. The van der Waals surface area contributed by atoms with E-state index in [0.29, 0.717) is 6.42 Å². The number of nitrogens with one attached hydrogen (secondary N) is 2. The Morgan fingerprint density at radius 1 is 1.50 bits per heavy atom. The van der Waals surface area contributed by atoms with Gasteiger partial charge in [-0.25, -0.2) is 0 Å². The van der Waals surface area contributed by atoms with Crippen LogP contribution in [0.25, 0.3) is 10.9 Å². The van der Waals surface area contributed by atoms with Gasteiger partial charge in [-0.05, 0) is 44.4 Å². The number of benzene rings is 1. The molecule has 0 saturated carbocycles. The molecule has 3 nitrogen and oxygen atoms in total. The van der Waals surface area contributed by atoms with Crippen LogP contribution >= 0.6 is 0 Å². The summed E-state index contributed by atoms with van der Waals surface area (Å²) in [6, 6.07) is 6.50. The molecule has 1 atom stereocenters. The largest absolute Gasteiger partial charge is 0.361 e. The second-order valence-corrected chi connectivity index (χ2v) is 5.36. The molecule has 0 bridgehead atoms. The van der Waals surface area contributed by atoms with Gasteiger partial charge in [-0.15, -0.1) is 6.58 Å². The number of aromatic amines is 1. The number of fused-ring (bicyclic) bond motifs is 1. The summed E-state index contributed by atoms with van der Waals surface area (Å²) in [5.74, 6) is 0.0985. The lowest BCUT2D eigenvalue weighted by molar-refractivity contribution is -0.121. The van der Waals surface area contributed by atoms with E-state index in [9.17, 15) is 4.79 Å². The van der Waals surface area contributed by atoms with Gasteiger partial charge in [0, 0.05) is 29.6 Å². The smallest absolute Gasteiger partial charge is 0.220 e. The molecule has 0 aliphatic heterocycles. The number of carbonyl (C=O) groups excluding carboxylic acids is 1. The summed E-state index contributed by atoms with van der Waals surface area (Å²) < 4.78 is 0. The van der Waals surface area contributed by atoms with Crippen LogP contribution in [0.3, 0.4) is 0 Å². The Labute approximate surface area is 120 Å². The number of hydrogen-bond donors (Lipinski definition) is 2. The summed E-state index contributed by atoms with van der Waals surface area (Å²) in [5, 5.41) is 4.20. The number of rotatable bonds is 6. The SMILES string of the molecule is C=CCC(C)NC(=O)CCc1c[nH]c2ccc(C)cc12. The summed E-state index contributed by atoms with van der Waals surface area (Å²) in [7, 11) is 0. The van der Waals surface area contributed by atoms with Crippen molar-refractivity contribution in [1.29, 1.82) is 0 Å². The molecular weight excluding hydrogens is 248 g/mol. The van der Waals surface area contributed by atoms with Gasteiger partial charge < -0.3 is 10.3 Å². The predicted molar refractivity (Wildman–Crippen MR) is 83.8 cm³/mol. The fourth-order valence-electron chi connectivity index (χ4n) is 2.40. The van der Waals surface area contributed by atoms with Crippen LogP contribution < -0.4 is 5.32 Å². The molecule has 0 spiro atoms. The van der Waals surface area contributed by atoms with Gasteiger partial charge in [0.15, 0.2) is 0 Å². The van der Waals surface area contributed by atoms with Crippen LogP contribution in [0, 0.1) is 6.92 Å². The molecule has 2 aromatic rings. The maximum Gasteiger partial charge on any atom is 0.220 e. The molecule has 20 heavy (non-hydrogen) atoms. The van der Waals surface area contributed by atoms with E-state index in [-0.39, 0.29) is 11.9 Å². The van der Waals surface area contributed by atoms with Crippen LogP contribution in [-0.4, -0.2) is 16.9 Å². The summed E-state index contributed by atoms with van der Waals surface area (Å²) >= 11 is 0. The molecule has 1 heterocycles. The summed E-state index contributed by atoms with van der Waals surface area (Å²) in [5.41, 5.74) is 3.57. The maximum absolute atomic E-state index is 11.9. The molecule has 1 unspecified atom stereocenters. The van der Waals surface area contributed by atoms with Crippen molar-refractivity contribution >= 4 is 16.8 Å². The third kappa shape index (κ3) is 3.50. The average Bonchev–Trinajstić information content (AvgIpc) is 2.79. The number of carbonyl (C=O) groups is 1. The molecule has 0 fully saturated rings. The van der Waals surface area contributed by atoms with Gasteiger partial charge in [0.2, 0.25) is 5.91 Å². The number of aryl methyl sites for hydroxylation is 2. The van der Waals surface area contributed by atoms with Gasteiger partial charge in [-0.1, -0.05) is 17.7 Å². The topological polar surface area (TPSA) is 44.9 Å². The van der Waals surface area contributed by atoms with E-state index in [4.69, 9.17) is 0 Å². The second-order valence-electron chi connectivity index (χ2n) is 5.36. The van der Waals surface area contributed by atoms with E-state index >= 15 is 0 Å². The number of amides is 1. The lowest BCUT2D eigenvalue weighted by Crippen LogP contribution is -2.32. The molecule has 0 aliphatic carbocycles. The number of aromatic nitrogens is 1. The Morgan fingerprint density at radius 2 is 2.30 bits per heavy atom. The van der Waals surface area contributed by atoms with Crippen LogP contribution in [0.4, 0.5) is 0 Å². The molecular formula is C17H22N2O. The average molecular weight is 270 g/mol. The van der Waals surface area contributed by atoms with Gasteiger partial charge >= 0.3 is 0 Å². The highest BCUT2D eigenvalue weighted by Crippen LogP contribution is 2.20. The van der Waals surface area contributed by atoms with E-state index in [1.54, 1.807) is 0 Å². The summed E-state index contributed by atoms with van der Waals surface area (Å²) in [4.78, 5) is 15.1. The van der Waals surface area contributed by atoms with E-state index in [2.05, 4.69) is 42.0 Å². The highest BCUT2D eigenvalue weighted by molar-refractivity contribution is 5.84. The zero-order valence-electron chi connectivity index (χ0n) is 12.2. The molecule has 2 N–H and O–H groups in total. The minimum atomic E-state index is 0.0985. The first-order chi connectivity index (χ1) is 9.60. The number of H-pyrrole nitrogens is 1. The molecule has 1 aromatic carbocycles. The Morgan fingerprint density at radius 3 is 3.05 bits per heavy atom. The lowest BCUT2D eigenvalue weighted by atomic mass is 10.1. The van der Waals surface area contributed by atoms with Gasteiger partial charge in [-0.3, -0.25) is 4.79 Å². The van der Waals surface area contributed by atoms with E-state index in [1.165, 1.54) is 16.5 Å². The Bertz CT molecular complexity index is 612. The first-order valence-electron chi connectivity index (χ1n) is 7.07. The molecule has 0 saturated heterocycles. The van der Waals surface area contributed by atoms with Crippen LogP contribution in [-0.2, 0) is 11.2 Å². The monoisotopic (exact) mass is 270 g/mol. The molecule has 1 amide bonds. The van der Waals surface area contributed by atoms with Crippen molar-refractivity contribution < 1.29 is 4.79 Å². The highest BCUT2D eigenvalue weighted by Gasteiger charge is 2.09. The third-order valence-electron chi connectivity index (χ3n) is 3.47. The van der Waals surface area contributed by atoms with Crippen molar-refractivity contribution in [2.45, 2.75) is 39.2 Å². The quantitative estimate of drug-likeness (QED) is 0.775. The molecule has 106 valence electrons. The highest BCUT2D eigenvalue weighted by atomic mass is 16.1. The molecule has 0 radical (unpaired) electrons. The second kappa shape index (κ2) is 6.42. The van der Waals surface area contributed by atoms with Crippen molar-refractivity contribution in [2.75, 3.05) is 0 Å². The van der Waals surface area contributed by atoms with Crippen LogP contribution in [0.5, 0.6) is 0 Å². The van der Waals surface area contributed by atoms with Crippen LogP contribution in [0.2, 0.25) is 0 Å². The van der Waals surface area contributed by atoms with Gasteiger partial charge in [0.25, 0.3) is 0 Å². The van der Waals surface area contributed by atoms with Crippen LogP contribution in [0.1, 0.15) is 30.9 Å².